The zero-order valence-corrected chi connectivity index (χ0v) is 18.2. The highest BCUT2D eigenvalue weighted by atomic mass is 32.2. The lowest BCUT2D eigenvalue weighted by molar-refractivity contribution is -0.201. The maximum absolute atomic E-state index is 12.9. The molecule has 0 spiro atoms. The summed E-state index contributed by atoms with van der Waals surface area (Å²) in [6.07, 6.45) is -3.77. The van der Waals surface area contributed by atoms with Gasteiger partial charge in [-0.05, 0) is 35.8 Å². The zero-order valence-electron chi connectivity index (χ0n) is 17.4. The highest BCUT2D eigenvalue weighted by Crippen LogP contribution is 2.41. The molecule has 3 aliphatic rings. The van der Waals surface area contributed by atoms with Crippen molar-refractivity contribution in [1.82, 2.24) is 9.80 Å². The topological polar surface area (TPSA) is 130 Å². The summed E-state index contributed by atoms with van der Waals surface area (Å²) in [4.78, 5) is 51.2. The highest BCUT2D eigenvalue weighted by Gasteiger charge is 2.53. The molecule has 0 bridgehead atoms. The largest absolute Gasteiger partial charge is 0.508 e. The number of likely N-dealkylation sites (tertiary alicyclic amines) is 1. The smallest absolute Gasteiger partial charge is 0.491 e. The number of esters is 2. The normalized spacial score (nSPS) is 23.8. The van der Waals surface area contributed by atoms with Gasteiger partial charge < -0.3 is 20.5 Å². The number of hydrogen-bond donors (Lipinski definition) is 2. The first-order valence-corrected chi connectivity index (χ1v) is 11.1. The third kappa shape index (κ3) is 4.40. The van der Waals surface area contributed by atoms with E-state index < -0.39 is 41.1 Å². The van der Waals surface area contributed by atoms with Crippen LogP contribution in [-0.4, -0.2) is 68.5 Å². The number of carbonyl (C=O) groups is 4. The van der Waals surface area contributed by atoms with Crippen molar-refractivity contribution in [2.24, 2.45) is 5.73 Å². The van der Waals surface area contributed by atoms with Gasteiger partial charge in [0.25, 0.3) is 0 Å². The Morgan fingerprint density at radius 1 is 1.29 bits per heavy atom. The minimum Gasteiger partial charge on any atom is -0.508 e. The Kier molecular flexibility index (Phi) is 6.16. The standard InChI is InChI=1S/C21H18F3N3O6S/c22-21(23,24)20(32)33-19(31)15-12(9-34-18-14(25)17(30)27(15)18)7-11-4-5-26(16(11)29)8-10-2-1-3-13(28)6-10/h1-3,6-7,14,18,28H,4-5,8-9,25H2/b11-7+/t14-,18-/m1/s1. The molecule has 2 atom stereocenters. The third-order valence-electron chi connectivity index (χ3n) is 5.49. The molecule has 2 amide bonds. The number of amides is 2. The van der Waals surface area contributed by atoms with Crippen LogP contribution in [0.2, 0.25) is 0 Å². The summed E-state index contributed by atoms with van der Waals surface area (Å²) in [5.41, 5.74) is 6.25. The van der Waals surface area contributed by atoms with E-state index in [1.165, 1.54) is 34.9 Å². The Bertz CT molecular complexity index is 1150. The van der Waals surface area contributed by atoms with Crippen molar-refractivity contribution in [3.05, 3.63) is 52.7 Å². The summed E-state index contributed by atoms with van der Waals surface area (Å²) in [5, 5.41) is 8.91. The summed E-state index contributed by atoms with van der Waals surface area (Å²) >= 11 is 1.18. The fourth-order valence-corrected chi connectivity index (χ4v) is 5.12. The lowest BCUT2D eigenvalue weighted by Crippen LogP contribution is -2.68. The van der Waals surface area contributed by atoms with Gasteiger partial charge in [0.05, 0.1) is 0 Å². The molecule has 2 fully saturated rings. The van der Waals surface area contributed by atoms with Gasteiger partial charge in [0.15, 0.2) is 0 Å². The van der Waals surface area contributed by atoms with Crippen LogP contribution in [-0.2, 0) is 30.5 Å². The van der Waals surface area contributed by atoms with Crippen LogP contribution in [0.1, 0.15) is 12.0 Å². The van der Waals surface area contributed by atoms with Crippen molar-refractivity contribution < 1.29 is 42.2 Å². The van der Waals surface area contributed by atoms with Gasteiger partial charge in [-0.15, -0.1) is 11.8 Å². The van der Waals surface area contributed by atoms with Crippen molar-refractivity contribution >= 4 is 35.5 Å². The summed E-state index contributed by atoms with van der Waals surface area (Å²) < 4.78 is 41.8. The van der Waals surface area contributed by atoms with E-state index in [0.29, 0.717) is 12.1 Å². The minimum absolute atomic E-state index is 0.0489. The second kappa shape index (κ2) is 8.80. The number of phenolic OH excluding ortho intramolecular Hbond substituents is 1. The van der Waals surface area contributed by atoms with Crippen LogP contribution in [0.4, 0.5) is 13.2 Å². The molecule has 0 unspecified atom stereocenters. The van der Waals surface area contributed by atoms with E-state index in [2.05, 4.69) is 4.74 Å². The SMILES string of the molecule is N[C@@H]1C(=O)N2C(C(=O)OC(=O)C(F)(F)F)=C(/C=C3\CCN(Cc4cccc(O)c4)C3=O)CS[C@H]12. The quantitative estimate of drug-likeness (QED) is 0.275. The first kappa shape index (κ1) is 23.8. The molecular formula is C21H18F3N3O6S. The molecule has 3 aliphatic heterocycles. The number of phenols is 1. The van der Waals surface area contributed by atoms with Gasteiger partial charge in [0.2, 0.25) is 11.8 Å². The second-order valence-electron chi connectivity index (χ2n) is 7.80. The molecule has 1 aromatic carbocycles. The van der Waals surface area contributed by atoms with Crippen LogP contribution < -0.4 is 5.73 Å². The lowest BCUT2D eigenvalue weighted by Gasteiger charge is -2.48. The van der Waals surface area contributed by atoms with E-state index in [4.69, 9.17) is 5.73 Å². The van der Waals surface area contributed by atoms with Crippen LogP contribution in [0.25, 0.3) is 0 Å². The van der Waals surface area contributed by atoms with Gasteiger partial charge in [-0.1, -0.05) is 12.1 Å². The summed E-state index contributed by atoms with van der Waals surface area (Å²) in [6, 6.07) is 5.43. The number of allylic oxidation sites excluding steroid dienone is 1. The molecular weight excluding hydrogens is 479 g/mol. The Morgan fingerprint density at radius 2 is 2.03 bits per heavy atom. The van der Waals surface area contributed by atoms with E-state index in [-0.39, 0.29) is 41.5 Å². The number of halogens is 3. The average molecular weight is 497 g/mol. The number of β-lactam (4-membered cyclic amide) rings is 1. The fraction of sp³-hybridized carbons (Fsp3) is 0.333. The monoisotopic (exact) mass is 497 g/mol. The van der Waals surface area contributed by atoms with E-state index in [0.717, 1.165) is 4.90 Å². The number of nitrogens with two attached hydrogens (primary N) is 1. The Labute approximate surface area is 195 Å². The number of thioether (sulfide) groups is 1. The molecule has 0 aliphatic carbocycles. The Hall–Kier alpha value is -3.32. The number of carbonyl (C=O) groups excluding carboxylic acids is 4. The number of nitrogens with zero attached hydrogens (tertiary/aromatic N) is 2. The van der Waals surface area contributed by atoms with Crippen molar-refractivity contribution in [2.75, 3.05) is 12.3 Å². The predicted molar refractivity (Wildman–Crippen MR) is 111 cm³/mol. The summed E-state index contributed by atoms with van der Waals surface area (Å²) in [5.74, 6) is -5.31. The molecule has 3 heterocycles. The number of hydrogen-bond acceptors (Lipinski definition) is 8. The van der Waals surface area contributed by atoms with Crippen LogP contribution in [0.3, 0.4) is 0 Å². The van der Waals surface area contributed by atoms with Crippen LogP contribution in [0, 0.1) is 0 Å². The van der Waals surface area contributed by atoms with Gasteiger partial charge in [0, 0.05) is 24.4 Å². The first-order chi connectivity index (χ1) is 16.0. The van der Waals surface area contributed by atoms with Crippen molar-refractivity contribution in [3.63, 3.8) is 0 Å². The number of rotatable bonds is 4. The molecule has 0 saturated carbocycles. The second-order valence-corrected chi connectivity index (χ2v) is 8.91. The van der Waals surface area contributed by atoms with E-state index >= 15 is 0 Å². The predicted octanol–water partition coefficient (Wildman–Crippen LogP) is 1.18. The van der Waals surface area contributed by atoms with Crippen molar-refractivity contribution in [3.8, 4) is 5.75 Å². The molecule has 0 radical (unpaired) electrons. The molecule has 1 aromatic rings. The average Bonchev–Trinajstić information content (AvgIpc) is 3.11. The minimum atomic E-state index is -5.40. The maximum Gasteiger partial charge on any atom is 0.491 e. The molecule has 180 valence electrons. The van der Waals surface area contributed by atoms with Gasteiger partial charge >= 0.3 is 18.1 Å². The number of benzene rings is 1. The molecule has 13 heteroatoms. The number of fused-ring (bicyclic) bond motifs is 1. The summed E-state index contributed by atoms with van der Waals surface area (Å²) in [7, 11) is 0. The third-order valence-corrected chi connectivity index (χ3v) is 6.82. The van der Waals surface area contributed by atoms with Gasteiger partial charge in [-0.25, -0.2) is 9.59 Å². The van der Waals surface area contributed by atoms with Gasteiger partial charge in [-0.3, -0.25) is 14.5 Å². The fourth-order valence-electron chi connectivity index (χ4n) is 3.87. The highest BCUT2D eigenvalue weighted by molar-refractivity contribution is 8.00. The lowest BCUT2D eigenvalue weighted by atomic mass is 10.0. The molecule has 0 aromatic heterocycles. The number of aromatic hydroxyl groups is 1. The Morgan fingerprint density at radius 3 is 2.71 bits per heavy atom. The number of ether oxygens (including phenoxy) is 1. The van der Waals surface area contributed by atoms with Gasteiger partial charge in [-0.2, -0.15) is 13.2 Å². The molecule has 2 saturated heterocycles. The van der Waals surface area contributed by atoms with E-state index in [1.54, 1.807) is 12.1 Å². The van der Waals surface area contributed by atoms with E-state index in [1.807, 2.05) is 0 Å². The maximum atomic E-state index is 12.9. The van der Waals surface area contributed by atoms with Crippen LogP contribution in [0.5, 0.6) is 5.75 Å². The number of alkyl halides is 3. The first-order valence-electron chi connectivity index (χ1n) is 10.0. The van der Waals surface area contributed by atoms with Crippen molar-refractivity contribution in [2.45, 2.75) is 30.6 Å². The zero-order chi connectivity index (χ0) is 24.8. The molecule has 4 rings (SSSR count). The Balaban J connectivity index is 1.61. The van der Waals surface area contributed by atoms with E-state index in [9.17, 15) is 37.5 Å². The van der Waals surface area contributed by atoms with Crippen molar-refractivity contribution in [1.29, 1.82) is 0 Å². The van der Waals surface area contributed by atoms with Crippen LogP contribution in [0.15, 0.2) is 47.2 Å². The summed E-state index contributed by atoms with van der Waals surface area (Å²) in [6.45, 7) is 0.554. The van der Waals surface area contributed by atoms with Crippen LogP contribution >= 0.6 is 11.8 Å². The molecule has 3 N–H and O–H groups in total. The van der Waals surface area contributed by atoms with Gasteiger partial charge in [0.1, 0.15) is 22.9 Å². The molecule has 9 nitrogen and oxygen atoms in total. The molecule has 34 heavy (non-hydrogen) atoms.